The van der Waals surface area contributed by atoms with Crippen LogP contribution in [0.5, 0.6) is 0 Å². The maximum Gasteiger partial charge on any atom is -0.0210 e. The number of rotatable bonds is 1. The summed E-state index contributed by atoms with van der Waals surface area (Å²) in [6.45, 7) is 0. The first-order valence-electron chi connectivity index (χ1n) is 10.8. The van der Waals surface area contributed by atoms with Crippen LogP contribution in [0.4, 0.5) is 0 Å². The van der Waals surface area contributed by atoms with Crippen LogP contribution in [0, 0.1) is 11.8 Å². The highest BCUT2D eigenvalue weighted by atomic mass is 14.3. The van der Waals surface area contributed by atoms with E-state index in [0.29, 0.717) is 0 Å². The molecular formula is C22H41. The van der Waals surface area contributed by atoms with Crippen molar-refractivity contribution < 1.29 is 0 Å². The Morgan fingerprint density at radius 2 is 0.682 bits per heavy atom. The molecule has 0 unspecified atom stereocenters. The van der Waals surface area contributed by atoms with Gasteiger partial charge < -0.3 is 0 Å². The molecule has 0 aromatic carbocycles. The van der Waals surface area contributed by atoms with Crippen molar-refractivity contribution in [2.24, 2.45) is 5.92 Å². The Hall–Kier alpha value is 0. The lowest BCUT2D eigenvalue weighted by molar-refractivity contribution is 0.360. The molecule has 0 N–H and O–H groups in total. The largest absolute Gasteiger partial charge is 0.0533 e. The van der Waals surface area contributed by atoms with E-state index < -0.39 is 0 Å². The topological polar surface area (TPSA) is 0 Å². The van der Waals surface area contributed by atoms with Crippen LogP contribution in [0.1, 0.15) is 128 Å². The van der Waals surface area contributed by atoms with Gasteiger partial charge in [0, 0.05) is 0 Å². The minimum absolute atomic E-state index is 1.00. The van der Waals surface area contributed by atoms with Crippen molar-refractivity contribution in [3.05, 3.63) is 5.92 Å². The Kier molecular flexibility index (Phi) is 10.4. The van der Waals surface area contributed by atoms with Gasteiger partial charge in [0.25, 0.3) is 0 Å². The first-order chi connectivity index (χ1) is 11.0. The van der Waals surface area contributed by atoms with Crippen molar-refractivity contribution >= 4 is 0 Å². The number of hydrogen-bond acceptors (Lipinski definition) is 0. The minimum Gasteiger partial charge on any atom is -0.0533 e. The van der Waals surface area contributed by atoms with Gasteiger partial charge in [-0.2, -0.15) is 0 Å². The molecule has 0 saturated heterocycles. The maximum absolute atomic E-state index is 2.00. The summed E-state index contributed by atoms with van der Waals surface area (Å²) < 4.78 is 0. The Labute approximate surface area is 140 Å². The first-order valence-corrected chi connectivity index (χ1v) is 10.8. The molecule has 0 heteroatoms. The normalized spacial score (nSPS) is 26.7. The fourth-order valence-corrected chi connectivity index (χ4v) is 4.69. The Morgan fingerprint density at radius 1 is 0.364 bits per heavy atom. The monoisotopic (exact) mass is 305 g/mol. The lowest BCUT2D eigenvalue weighted by atomic mass is 9.77. The van der Waals surface area contributed by atoms with Crippen LogP contribution in [0.25, 0.3) is 0 Å². The van der Waals surface area contributed by atoms with E-state index in [4.69, 9.17) is 0 Å². The zero-order chi connectivity index (χ0) is 15.3. The van der Waals surface area contributed by atoms with Gasteiger partial charge in [0.1, 0.15) is 0 Å². The Morgan fingerprint density at radius 3 is 1.09 bits per heavy atom. The Bertz CT molecular complexity index is 222. The third-order valence-corrected chi connectivity index (χ3v) is 6.18. The van der Waals surface area contributed by atoms with Gasteiger partial charge in [0.15, 0.2) is 0 Å². The summed E-state index contributed by atoms with van der Waals surface area (Å²) in [5.41, 5.74) is 0. The third-order valence-electron chi connectivity index (χ3n) is 6.18. The summed E-state index contributed by atoms with van der Waals surface area (Å²) >= 11 is 0. The second-order valence-corrected chi connectivity index (χ2v) is 8.09. The molecule has 2 fully saturated rings. The summed E-state index contributed by atoms with van der Waals surface area (Å²) in [6, 6.07) is 0. The second kappa shape index (κ2) is 12.4. The molecule has 0 atom stereocenters. The molecule has 129 valence electrons. The van der Waals surface area contributed by atoms with Crippen molar-refractivity contribution in [1.29, 1.82) is 0 Å². The van der Waals surface area contributed by atoms with Crippen molar-refractivity contribution in [3.63, 3.8) is 0 Å². The zero-order valence-corrected chi connectivity index (χ0v) is 15.2. The SMILES string of the molecule is C1CCCCC[C](C2CCCCCCCCC2)CCCCC1. The molecular weight excluding hydrogens is 264 g/mol. The predicted octanol–water partition coefficient (Wildman–Crippen LogP) is 8.01. The molecule has 0 heterocycles. The van der Waals surface area contributed by atoms with E-state index in [1.807, 2.05) is 5.92 Å². The highest BCUT2D eigenvalue weighted by molar-refractivity contribution is 4.96. The molecule has 0 nitrogen and oxygen atoms in total. The molecule has 0 aromatic rings. The van der Waals surface area contributed by atoms with E-state index in [1.54, 1.807) is 0 Å². The van der Waals surface area contributed by atoms with Gasteiger partial charge in [0.05, 0.1) is 0 Å². The highest BCUT2D eigenvalue weighted by Gasteiger charge is 2.21. The average Bonchev–Trinajstić information content (AvgIpc) is 2.53. The fraction of sp³-hybridized carbons (Fsp3) is 0.955. The van der Waals surface area contributed by atoms with Crippen molar-refractivity contribution in [2.45, 2.75) is 128 Å². The van der Waals surface area contributed by atoms with Gasteiger partial charge in [-0.15, -0.1) is 0 Å². The second-order valence-electron chi connectivity index (χ2n) is 8.09. The molecule has 0 amide bonds. The van der Waals surface area contributed by atoms with E-state index in [1.165, 1.54) is 128 Å². The van der Waals surface area contributed by atoms with E-state index >= 15 is 0 Å². The maximum atomic E-state index is 2.00. The fourth-order valence-electron chi connectivity index (χ4n) is 4.69. The molecule has 0 aromatic heterocycles. The van der Waals surface area contributed by atoms with Crippen LogP contribution in [0.2, 0.25) is 0 Å². The predicted molar refractivity (Wildman–Crippen MR) is 99.1 cm³/mol. The van der Waals surface area contributed by atoms with E-state index in [0.717, 1.165) is 5.92 Å². The van der Waals surface area contributed by atoms with Crippen LogP contribution in [0.15, 0.2) is 0 Å². The van der Waals surface area contributed by atoms with Crippen LogP contribution in [-0.2, 0) is 0 Å². The Balaban J connectivity index is 1.81. The van der Waals surface area contributed by atoms with Crippen LogP contribution >= 0.6 is 0 Å². The van der Waals surface area contributed by atoms with E-state index in [2.05, 4.69) is 0 Å². The van der Waals surface area contributed by atoms with Crippen molar-refractivity contribution in [3.8, 4) is 0 Å². The molecule has 1 radical (unpaired) electrons. The summed E-state index contributed by atoms with van der Waals surface area (Å²) in [6.07, 6.45) is 30.0. The first kappa shape index (κ1) is 18.3. The number of hydrogen-bond donors (Lipinski definition) is 0. The molecule has 2 aliphatic rings. The van der Waals surface area contributed by atoms with Crippen molar-refractivity contribution in [2.75, 3.05) is 0 Å². The van der Waals surface area contributed by atoms with Gasteiger partial charge in [-0.05, 0) is 37.5 Å². The minimum atomic E-state index is 1.00. The highest BCUT2D eigenvalue weighted by Crippen LogP contribution is 2.36. The van der Waals surface area contributed by atoms with Gasteiger partial charge in [-0.1, -0.05) is 103 Å². The summed E-state index contributed by atoms with van der Waals surface area (Å²) in [5, 5.41) is 0. The third kappa shape index (κ3) is 8.02. The molecule has 22 heavy (non-hydrogen) atoms. The van der Waals surface area contributed by atoms with Crippen molar-refractivity contribution in [1.82, 2.24) is 0 Å². The molecule has 2 rings (SSSR count). The molecule has 0 aliphatic heterocycles. The summed E-state index contributed by atoms with van der Waals surface area (Å²) in [7, 11) is 0. The average molecular weight is 306 g/mol. The summed E-state index contributed by atoms with van der Waals surface area (Å²) in [5.74, 6) is 3.00. The molecule has 0 spiro atoms. The van der Waals surface area contributed by atoms with Gasteiger partial charge in [-0.25, -0.2) is 0 Å². The molecule has 2 saturated carbocycles. The van der Waals surface area contributed by atoms with E-state index in [-0.39, 0.29) is 0 Å². The lowest BCUT2D eigenvalue weighted by Crippen LogP contribution is -2.14. The quantitative estimate of drug-likeness (QED) is 0.460. The smallest absolute Gasteiger partial charge is 0.0210 e. The molecule has 2 aliphatic carbocycles. The standard InChI is InChI=1S/C22H41/c1-2-5-9-13-17-21(18-14-10-6-3-1)22-19-15-11-7-4-8-12-16-20-22/h22H,1-20H2. The van der Waals surface area contributed by atoms with Crippen LogP contribution < -0.4 is 0 Å². The van der Waals surface area contributed by atoms with Gasteiger partial charge in [-0.3, -0.25) is 0 Å². The van der Waals surface area contributed by atoms with Gasteiger partial charge >= 0.3 is 0 Å². The van der Waals surface area contributed by atoms with E-state index in [9.17, 15) is 0 Å². The lowest BCUT2D eigenvalue weighted by Gasteiger charge is -2.28. The zero-order valence-electron chi connectivity index (χ0n) is 15.2. The molecule has 0 bridgehead atoms. The van der Waals surface area contributed by atoms with Crippen LogP contribution in [-0.4, -0.2) is 0 Å². The van der Waals surface area contributed by atoms with Gasteiger partial charge in [0.2, 0.25) is 0 Å². The van der Waals surface area contributed by atoms with Crippen LogP contribution in [0.3, 0.4) is 0 Å². The summed E-state index contributed by atoms with van der Waals surface area (Å²) in [4.78, 5) is 0.